The maximum atomic E-state index is 12.1. The van der Waals surface area contributed by atoms with Crippen LogP contribution in [-0.2, 0) is 14.9 Å². The van der Waals surface area contributed by atoms with Gasteiger partial charge in [-0.1, -0.05) is 42.2 Å². The van der Waals surface area contributed by atoms with Crippen LogP contribution in [0.2, 0.25) is 0 Å². The predicted molar refractivity (Wildman–Crippen MR) is 114 cm³/mol. The van der Waals surface area contributed by atoms with Gasteiger partial charge in [0.2, 0.25) is 5.88 Å². The number of amides is 1. The second-order valence-corrected chi connectivity index (χ2v) is 9.41. The number of hydrogen-bond donors (Lipinski definition) is 1. The summed E-state index contributed by atoms with van der Waals surface area (Å²) in [5, 5.41) is 0. The Balaban J connectivity index is 1.84. The molecule has 0 aliphatic carbocycles. The fourth-order valence-corrected chi connectivity index (χ4v) is 4.26. The third-order valence-electron chi connectivity index (χ3n) is 4.04. The summed E-state index contributed by atoms with van der Waals surface area (Å²) in [5.74, 6) is 0.460. The lowest BCUT2D eigenvalue weighted by molar-refractivity contribution is -0.121. The van der Waals surface area contributed by atoms with Gasteiger partial charge in [0.15, 0.2) is 5.75 Å². The highest BCUT2D eigenvalue weighted by Gasteiger charge is 2.29. The average molecular weight is 439 g/mol. The molecule has 0 spiro atoms. The van der Waals surface area contributed by atoms with Crippen LogP contribution in [-0.4, -0.2) is 47.4 Å². The predicted octanol–water partition coefficient (Wildman–Crippen LogP) is 2.93. The van der Waals surface area contributed by atoms with Crippen molar-refractivity contribution < 1.29 is 22.5 Å². The number of allylic oxidation sites excluding steroid dienone is 4. The van der Waals surface area contributed by atoms with E-state index in [-0.39, 0.29) is 12.5 Å². The number of carbonyl (C=O) groups is 1. The van der Waals surface area contributed by atoms with Crippen LogP contribution in [0.5, 0.6) is 5.75 Å². The quantitative estimate of drug-likeness (QED) is 0.427. The number of ether oxygens (including phenoxy) is 1. The summed E-state index contributed by atoms with van der Waals surface area (Å²) >= 11 is 6.36. The van der Waals surface area contributed by atoms with E-state index in [1.165, 1.54) is 16.7 Å². The molecule has 2 aliphatic heterocycles. The van der Waals surface area contributed by atoms with Gasteiger partial charge in [-0.05, 0) is 36.8 Å². The van der Waals surface area contributed by atoms with Crippen LogP contribution < -0.4 is 9.64 Å². The van der Waals surface area contributed by atoms with Gasteiger partial charge in [-0.25, -0.2) is 0 Å². The second-order valence-electron chi connectivity index (χ2n) is 6.16. The van der Waals surface area contributed by atoms with Crippen molar-refractivity contribution in [3.63, 3.8) is 0 Å². The molecular formula is C18H18N2O5S3. The lowest BCUT2D eigenvalue weighted by Gasteiger charge is -2.17. The molecule has 2 heterocycles. The summed E-state index contributed by atoms with van der Waals surface area (Å²) in [4.78, 5) is 15.7. The van der Waals surface area contributed by atoms with E-state index < -0.39 is 15.9 Å². The molecule has 1 N–H and O–H groups in total. The molecule has 1 amide bonds. The SMILES string of the molecule is CC(=CC=C1Oc2ccccc2N1CCS(=O)(=O)O)C=C1SC(=S)N(C)C1=O. The monoisotopic (exact) mass is 438 g/mol. The van der Waals surface area contributed by atoms with Gasteiger partial charge < -0.3 is 9.64 Å². The van der Waals surface area contributed by atoms with Crippen molar-refractivity contribution in [3.8, 4) is 5.75 Å². The fraction of sp³-hybridized carbons (Fsp3) is 0.222. The third kappa shape index (κ3) is 4.64. The lowest BCUT2D eigenvalue weighted by atomic mass is 10.2. The summed E-state index contributed by atoms with van der Waals surface area (Å²) in [5.41, 5.74) is 1.52. The average Bonchev–Trinajstić information content (AvgIpc) is 3.10. The van der Waals surface area contributed by atoms with Crippen molar-refractivity contribution in [2.45, 2.75) is 6.92 Å². The Hall–Kier alpha value is -2.14. The standard InChI is InChI=1S/C18H18N2O5S3/c1-12(11-15-17(21)19(2)18(26)27-15)7-8-16-20(9-10-28(22,23)24)13-5-3-4-6-14(13)25-16/h3-8,11H,9-10H2,1-2H3,(H,22,23,24). The minimum Gasteiger partial charge on any atom is -0.439 e. The van der Waals surface area contributed by atoms with E-state index in [4.69, 9.17) is 21.5 Å². The number of nitrogens with zero attached hydrogens (tertiary/aromatic N) is 2. The molecule has 7 nitrogen and oxygen atoms in total. The first-order chi connectivity index (χ1) is 13.2. The molecule has 3 rings (SSSR count). The molecule has 0 radical (unpaired) electrons. The summed E-state index contributed by atoms with van der Waals surface area (Å²) in [6.45, 7) is 1.88. The van der Waals surface area contributed by atoms with Crippen LogP contribution in [0.3, 0.4) is 0 Å². The number of fused-ring (bicyclic) bond motifs is 1. The molecule has 0 atom stereocenters. The highest BCUT2D eigenvalue weighted by Crippen LogP contribution is 2.38. The first-order valence-corrected chi connectivity index (χ1v) is 11.1. The molecule has 1 aromatic rings. The van der Waals surface area contributed by atoms with E-state index in [0.717, 1.165) is 11.3 Å². The highest BCUT2D eigenvalue weighted by molar-refractivity contribution is 8.26. The van der Waals surface area contributed by atoms with Crippen LogP contribution in [0.15, 0.2) is 58.9 Å². The lowest BCUT2D eigenvalue weighted by Crippen LogP contribution is -2.27. The highest BCUT2D eigenvalue weighted by atomic mass is 32.2. The van der Waals surface area contributed by atoms with E-state index >= 15 is 0 Å². The molecule has 0 bridgehead atoms. The Kier molecular flexibility index (Phi) is 5.94. The Morgan fingerprint density at radius 2 is 2.07 bits per heavy atom. The fourth-order valence-electron chi connectivity index (χ4n) is 2.62. The first-order valence-electron chi connectivity index (χ1n) is 8.25. The van der Waals surface area contributed by atoms with Crippen LogP contribution >= 0.6 is 24.0 Å². The number of likely N-dealkylation sites (N-methyl/N-ethyl adjacent to an activating group) is 1. The minimum absolute atomic E-state index is 0.0447. The van der Waals surface area contributed by atoms with Gasteiger partial charge in [0.05, 0.1) is 16.3 Å². The second kappa shape index (κ2) is 8.08. The van der Waals surface area contributed by atoms with Crippen LogP contribution in [0, 0.1) is 0 Å². The molecule has 28 heavy (non-hydrogen) atoms. The Bertz CT molecular complexity index is 1030. The zero-order valence-corrected chi connectivity index (χ0v) is 17.6. The maximum absolute atomic E-state index is 12.1. The van der Waals surface area contributed by atoms with Crippen molar-refractivity contribution in [1.29, 1.82) is 0 Å². The molecule has 1 fully saturated rings. The van der Waals surface area contributed by atoms with Gasteiger partial charge in [-0.3, -0.25) is 14.2 Å². The van der Waals surface area contributed by atoms with E-state index in [1.807, 2.05) is 25.1 Å². The molecule has 0 unspecified atom stereocenters. The van der Waals surface area contributed by atoms with Crippen molar-refractivity contribution in [1.82, 2.24) is 4.90 Å². The molecular weight excluding hydrogens is 420 g/mol. The van der Waals surface area contributed by atoms with E-state index in [2.05, 4.69) is 0 Å². The van der Waals surface area contributed by atoms with Gasteiger partial charge in [0.25, 0.3) is 16.0 Å². The van der Waals surface area contributed by atoms with Gasteiger partial charge >= 0.3 is 0 Å². The van der Waals surface area contributed by atoms with Gasteiger partial charge in [0.1, 0.15) is 4.32 Å². The molecule has 0 aromatic heterocycles. The van der Waals surface area contributed by atoms with Gasteiger partial charge in [-0.15, -0.1) is 0 Å². The van der Waals surface area contributed by atoms with Gasteiger partial charge in [0, 0.05) is 13.6 Å². The van der Waals surface area contributed by atoms with Crippen LogP contribution in [0.25, 0.3) is 0 Å². The van der Waals surface area contributed by atoms with Gasteiger partial charge in [-0.2, -0.15) is 8.42 Å². The van der Waals surface area contributed by atoms with E-state index in [1.54, 1.807) is 36.2 Å². The minimum atomic E-state index is -4.11. The van der Waals surface area contributed by atoms with Crippen LogP contribution in [0.4, 0.5) is 5.69 Å². The molecule has 148 valence electrons. The molecule has 10 heteroatoms. The number of para-hydroxylation sites is 2. The number of carbonyl (C=O) groups excluding carboxylic acids is 1. The third-order valence-corrected chi connectivity index (χ3v) is 6.23. The Morgan fingerprint density at radius 1 is 1.36 bits per heavy atom. The first kappa shape index (κ1) is 20.6. The summed E-state index contributed by atoms with van der Waals surface area (Å²) in [6.07, 6.45) is 5.21. The van der Waals surface area contributed by atoms with E-state index in [9.17, 15) is 13.2 Å². The zero-order valence-electron chi connectivity index (χ0n) is 15.2. The maximum Gasteiger partial charge on any atom is 0.266 e. The number of anilines is 1. The smallest absolute Gasteiger partial charge is 0.266 e. The zero-order chi connectivity index (χ0) is 20.5. The number of hydrogen-bond acceptors (Lipinski definition) is 7. The molecule has 1 aromatic carbocycles. The van der Waals surface area contributed by atoms with Crippen molar-refractivity contribution in [2.75, 3.05) is 24.2 Å². The van der Waals surface area contributed by atoms with Crippen molar-refractivity contribution >= 4 is 50.0 Å². The van der Waals surface area contributed by atoms with Crippen molar-refractivity contribution in [3.05, 3.63) is 58.9 Å². The van der Waals surface area contributed by atoms with Crippen LogP contribution in [0.1, 0.15) is 6.92 Å². The summed E-state index contributed by atoms with van der Waals surface area (Å²) in [7, 11) is -2.47. The number of thioether (sulfide) groups is 1. The molecule has 0 saturated carbocycles. The number of benzene rings is 1. The van der Waals surface area contributed by atoms with Crippen molar-refractivity contribution in [2.24, 2.45) is 0 Å². The normalized spacial score (nSPS) is 20.3. The summed E-state index contributed by atoms with van der Waals surface area (Å²) in [6, 6.07) is 7.22. The topological polar surface area (TPSA) is 87.2 Å². The number of thiocarbonyl (C=S) groups is 1. The van der Waals surface area contributed by atoms with E-state index in [0.29, 0.717) is 20.9 Å². The molecule has 2 aliphatic rings. The molecule has 1 saturated heterocycles. The largest absolute Gasteiger partial charge is 0.439 e. The number of rotatable bonds is 5. The Labute approximate surface area is 173 Å². The Morgan fingerprint density at radius 3 is 2.71 bits per heavy atom. The summed E-state index contributed by atoms with van der Waals surface area (Å²) < 4.78 is 37.7.